The van der Waals surface area contributed by atoms with Gasteiger partial charge in [-0.25, -0.2) is 9.50 Å². The summed E-state index contributed by atoms with van der Waals surface area (Å²) in [6.07, 6.45) is 6.53. The molecular weight excluding hydrogens is 334 g/mol. The number of anilines is 1. The van der Waals surface area contributed by atoms with Gasteiger partial charge in [-0.2, -0.15) is 0 Å². The van der Waals surface area contributed by atoms with Crippen molar-refractivity contribution in [2.24, 2.45) is 11.7 Å². The Morgan fingerprint density at radius 3 is 3.00 bits per heavy atom. The number of benzene rings is 1. The van der Waals surface area contributed by atoms with E-state index in [2.05, 4.69) is 10.3 Å². The normalized spacial score (nSPS) is 20.7. The number of halogens is 1. The summed E-state index contributed by atoms with van der Waals surface area (Å²) in [6.45, 7) is 0.910. The van der Waals surface area contributed by atoms with Crippen molar-refractivity contribution >= 4 is 23.1 Å². The maximum absolute atomic E-state index is 6.12. The first-order valence-corrected chi connectivity index (χ1v) is 9.17. The largest absolute Gasteiger partial charge is 0.368 e. The third-order valence-electron chi connectivity index (χ3n) is 4.88. The molecule has 3 N–H and O–H groups in total. The first kappa shape index (κ1) is 16.4. The quantitative estimate of drug-likeness (QED) is 0.742. The Hall–Kier alpha value is -2.11. The minimum atomic E-state index is 0.346. The number of nitrogens with zero attached hydrogens (tertiary/aromatic N) is 3. The van der Waals surface area contributed by atoms with Crippen molar-refractivity contribution in [1.29, 1.82) is 0 Å². The highest BCUT2D eigenvalue weighted by Crippen LogP contribution is 2.25. The zero-order valence-electron chi connectivity index (χ0n) is 14.0. The van der Waals surface area contributed by atoms with Gasteiger partial charge in [-0.3, -0.25) is 0 Å². The first-order valence-electron chi connectivity index (χ1n) is 8.79. The summed E-state index contributed by atoms with van der Waals surface area (Å²) in [6, 6.07) is 12.0. The first-order chi connectivity index (χ1) is 12.2. The standard InChI is InChI=1S/C19H22ClN5/c20-15-5-2-4-14(10-15)17-12-23-19-8-7-18(24-25(17)19)22-11-13-3-1-6-16(21)9-13/h2,4-5,7-8,10,12-13,16H,1,3,6,9,11,21H2,(H,22,24)/t13?,16-/m1/s1. The van der Waals surface area contributed by atoms with Crippen LogP contribution in [0.1, 0.15) is 25.7 Å². The van der Waals surface area contributed by atoms with Gasteiger partial charge in [0.15, 0.2) is 5.65 Å². The summed E-state index contributed by atoms with van der Waals surface area (Å²) in [5, 5.41) is 8.88. The van der Waals surface area contributed by atoms with E-state index in [1.54, 1.807) is 0 Å². The van der Waals surface area contributed by atoms with Gasteiger partial charge in [0.2, 0.25) is 0 Å². The molecule has 2 aromatic heterocycles. The van der Waals surface area contributed by atoms with Crippen molar-refractivity contribution < 1.29 is 0 Å². The fourth-order valence-electron chi connectivity index (χ4n) is 3.58. The lowest BCUT2D eigenvalue weighted by molar-refractivity contribution is 0.334. The fraction of sp³-hybridized carbons (Fsp3) is 0.368. The molecule has 1 unspecified atom stereocenters. The molecule has 4 rings (SSSR count). The van der Waals surface area contributed by atoms with E-state index in [4.69, 9.17) is 22.4 Å². The molecule has 2 atom stereocenters. The fourth-order valence-corrected chi connectivity index (χ4v) is 3.77. The van der Waals surface area contributed by atoms with Gasteiger partial charge in [-0.1, -0.05) is 30.2 Å². The third kappa shape index (κ3) is 3.62. The van der Waals surface area contributed by atoms with Crippen molar-refractivity contribution in [3.63, 3.8) is 0 Å². The second-order valence-corrected chi connectivity index (χ2v) is 7.25. The third-order valence-corrected chi connectivity index (χ3v) is 5.11. The second kappa shape index (κ2) is 7.02. The van der Waals surface area contributed by atoms with Crippen LogP contribution in [0.15, 0.2) is 42.6 Å². The van der Waals surface area contributed by atoms with E-state index in [1.165, 1.54) is 12.8 Å². The molecule has 130 valence electrons. The van der Waals surface area contributed by atoms with Gasteiger partial charge in [0.05, 0.1) is 11.9 Å². The van der Waals surface area contributed by atoms with E-state index in [1.807, 2.05) is 47.1 Å². The SMILES string of the molecule is N[C@@H]1CCCC(CNc2ccc3ncc(-c4cccc(Cl)c4)n3n2)C1. The monoisotopic (exact) mass is 355 g/mol. The number of nitrogens with two attached hydrogens (primary N) is 1. The van der Waals surface area contributed by atoms with Gasteiger partial charge < -0.3 is 11.1 Å². The van der Waals surface area contributed by atoms with Gasteiger partial charge >= 0.3 is 0 Å². The summed E-state index contributed by atoms with van der Waals surface area (Å²) >= 11 is 6.12. The maximum Gasteiger partial charge on any atom is 0.154 e. The number of fused-ring (bicyclic) bond motifs is 1. The highest BCUT2D eigenvalue weighted by Gasteiger charge is 2.19. The van der Waals surface area contributed by atoms with Crippen LogP contribution in [0.2, 0.25) is 5.02 Å². The average Bonchev–Trinajstić information content (AvgIpc) is 3.03. The molecule has 5 nitrogen and oxygen atoms in total. The molecular formula is C19H22ClN5. The molecule has 0 radical (unpaired) electrons. The molecule has 0 amide bonds. The minimum absolute atomic E-state index is 0.346. The highest BCUT2D eigenvalue weighted by molar-refractivity contribution is 6.30. The van der Waals surface area contributed by atoms with Crippen molar-refractivity contribution in [2.75, 3.05) is 11.9 Å². The number of hydrogen-bond donors (Lipinski definition) is 2. The van der Waals surface area contributed by atoms with Gasteiger partial charge in [0.1, 0.15) is 5.82 Å². The number of imidazole rings is 1. The van der Waals surface area contributed by atoms with Crippen LogP contribution in [0, 0.1) is 5.92 Å². The van der Waals surface area contributed by atoms with Crippen molar-refractivity contribution in [3.05, 3.63) is 47.6 Å². The molecule has 2 heterocycles. The lowest BCUT2D eigenvalue weighted by atomic mass is 9.86. The molecule has 0 aliphatic heterocycles. The van der Waals surface area contributed by atoms with Crippen LogP contribution in [0.3, 0.4) is 0 Å². The average molecular weight is 356 g/mol. The summed E-state index contributed by atoms with van der Waals surface area (Å²) in [5.41, 5.74) is 8.84. The summed E-state index contributed by atoms with van der Waals surface area (Å²) in [7, 11) is 0. The molecule has 6 heteroatoms. The van der Waals surface area contributed by atoms with E-state index >= 15 is 0 Å². The Kier molecular flexibility index (Phi) is 4.59. The van der Waals surface area contributed by atoms with Crippen molar-refractivity contribution in [2.45, 2.75) is 31.7 Å². The molecule has 1 aromatic carbocycles. The topological polar surface area (TPSA) is 68.2 Å². The van der Waals surface area contributed by atoms with E-state index in [-0.39, 0.29) is 0 Å². The van der Waals surface area contributed by atoms with E-state index in [0.29, 0.717) is 17.0 Å². The van der Waals surface area contributed by atoms with Crippen LogP contribution >= 0.6 is 11.6 Å². The number of nitrogens with one attached hydrogen (secondary N) is 1. The van der Waals surface area contributed by atoms with Crippen LogP contribution in [0.4, 0.5) is 5.82 Å². The maximum atomic E-state index is 6.12. The Labute approximate surface area is 152 Å². The van der Waals surface area contributed by atoms with Crippen LogP contribution in [-0.4, -0.2) is 27.2 Å². The van der Waals surface area contributed by atoms with Crippen LogP contribution in [0.25, 0.3) is 16.9 Å². The zero-order valence-corrected chi connectivity index (χ0v) is 14.8. The number of hydrogen-bond acceptors (Lipinski definition) is 4. The van der Waals surface area contributed by atoms with E-state index in [9.17, 15) is 0 Å². The Morgan fingerprint density at radius 1 is 1.24 bits per heavy atom. The van der Waals surface area contributed by atoms with E-state index < -0.39 is 0 Å². The molecule has 3 aromatic rings. The van der Waals surface area contributed by atoms with Gasteiger partial charge in [-0.05, 0) is 49.4 Å². The lowest BCUT2D eigenvalue weighted by Crippen LogP contribution is -2.31. The zero-order chi connectivity index (χ0) is 17.2. The summed E-state index contributed by atoms with van der Waals surface area (Å²) in [5.74, 6) is 1.48. The molecule has 25 heavy (non-hydrogen) atoms. The highest BCUT2D eigenvalue weighted by atomic mass is 35.5. The predicted molar refractivity (Wildman–Crippen MR) is 102 cm³/mol. The van der Waals surface area contributed by atoms with Gasteiger partial charge in [0, 0.05) is 23.2 Å². The Bertz CT molecular complexity index is 875. The molecule has 0 saturated heterocycles. The summed E-state index contributed by atoms with van der Waals surface area (Å²) < 4.78 is 1.86. The van der Waals surface area contributed by atoms with Crippen molar-refractivity contribution in [1.82, 2.24) is 14.6 Å². The number of rotatable bonds is 4. The van der Waals surface area contributed by atoms with Crippen LogP contribution < -0.4 is 11.1 Å². The smallest absolute Gasteiger partial charge is 0.154 e. The van der Waals surface area contributed by atoms with E-state index in [0.717, 1.165) is 42.1 Å². The molecule has 1 aliphatic rings. The molecule has 1 saturated carbocycles. The minimum Gasteiger partial charge on any atom is -0.368 e. The summed E-state index contributed by atoms with van der Waals surface area (Å²) in [4.78, 5) is 4.44. The second-order valence-electron chi connectivity index (χ2n) is 6.82. The van der Waals surface area contributed by atoms with Crippen molar-refractivity contribution in [3.8, 4) is 11.3 Å². The molecule has 1 aliphatic carbocycles. The van der Waals surface area contributed by atoms with Gasteiger partial charge in [-0.15, -0.1) is 5.10 Å². The molecule has 1 fully saturated rings. The molecule has 0 spiro atoms. The molecule has 0 bridgehead atoms. The van der Waals surface area contributed by atoms with Crippen LogP contribution in [-0.2, 0) is 0 Å². The lowest BCUT2D eigenvalue weighted by Gasteiger charge is -2.26. The Balaban J connectivity index is 1.56. The van der Waals surface area contributed by atoms with Gasteiger partial charge in [0.25, 0.3) is 0 Å². The predicted octanol–water partition coefficient (Wildman–Crippen LogP) is 3.98. The van der Waals surface area contributed by atoms with Crippen LogP contribution in [0.5, 0.6) is 0 Å². The Morgan fingerprint density at radius 2 is 2.16 bits per heavy atom. The number of aromatic nitrogens is 3.